The molecule has 0 spiro atoms. The van der Waals surface area contributed by atoms with Crippen molar-refractivity contribution in [3.63, 3.8) is 0 Å². The summed E-state index contributed by atoms with van der Waals surface area (Å²) < 4.78 is 0. The van der Waals surface area contributed by atoms with Gasteiger partial charge in [0.15, 0.2) is 0 Å². The van der Waals surface area contributed by atoms with E-state index in [1.54, 1.807) is 0 Å². The van der Waals surface area contributed by atoms with Crippen LogP contribution in [-0.2, 0) is 11.2 Å². The Hall–Kier alpha value is -1.39. The lowest BCUT2D eigenvalue weighted by molar-refractivity contribution is -0.131. The Labute approximate surface area is 128 Å². The van der Waals surface area contributed by atoms with Gasteiger partial charge in [-0.3, -0.25) is 4.79 Å². The van der Waals surface area contributed by atoms with Crippen LogP contribution in [-0.4, -0.2) is 55.5 Å². The van der Waals surface area contributed by atoms with E-state index in [0.29, 0.717) is 6.54 Å². The van der Waals surface area contributed by atoms with E-state index in [9.17, 15) is 4.79 Å². The minimum absolute atomic E-state index is 0.201. The lowest BCUT2D eigenvalue weighted by Gasteiger charge is -2.32. The lowest BCUT2D eigenvalue weighted by atomic mass is 10.1. The van der Waals surface area contributed by atoms with Crippen molar-refractivity contribution in [2.75, 3.05) is 39.8 Å². The van der Waals surface area contributed by atoms with Crippen molar-refractivity contribution in [2.24, 2.45) is 0 Å². The Morgan fingerprint density at radius 3 is 2.38 bits per heavy atom. The van der Waals surface area contributed by atoms with Crippen LogP contribution in [0.3, 0.4) is 0 Å². The Morgan fingerprint density at radius 2 is 1.81 bits per heavy atom. The van der Waals surface area contributed by atoms with Crippen LogP contribution >= 0.6 is 0 Å². The number of likely N-dealkylation sites (N-methyl/N-ethyl adjacent to an activating group) is 1. The second kappa shape index (κ2) is 7.57. The van der Waals surface area contributed by atoms with E-state index < -0.39 is 0 Å². The van der Waals surface area contributed by atoms with Crippen LogP contribution < -0.4 is 5.32 Å². The van der Waals surface area contributed by atoms with Crippen molar-refractivity contribution >= 4 is 5.91 Å². The van der Waals surface area contributed by atoms with Crippen molar-refractivity contribution in [3.8, 4) is 0 Å². The molecule has 4 nitrogen and oxygen atoms in total. The number of carbonyl (C=O) groups is 1. The van der Waals surface area contributed by atoms with Crippen molar-refractivity contribution in [1.82, 2.24) is 15.1 Å². The third kappa shape index (κ3) is 4.55. The van der Waals surface area contributed by atoms with Gasteiger partial charge in [0.25, 0.3) is 0 Å². The molecule has 1 aromatic carbocycles. The number of amides is 1. The van der Waals surface area contributed by atoms with E-state index in [0.717, 1.165) is 32.6 Å². The fraction of sp³-hybridized carbons (Fsp3) is 0.588. The highest BCUT2D eigenvalue weighted by molar-refractivity contribution is 5.78. The van der Waals surface area contributed by atoms with Crippen LogP contribution in [0.1, 0.15) is 31.0 Å². The molecule has 1 heterocycles. The summed E-state index contributed by atoms with van der Waals surface area (Å²) in [6.45, 7) is 8.32. The first-order chi connectivity index (χ1) is 10.1. The van der Waals surface area contributed by atoms with Crippen LogP contribution in [0.2, 0.25) is 0 Å². The topological polar surface area (TPSA) is 35.6 Å². The maximum absolute atomic E-state index is 12.2. The summed E-state index contributed by atoms with van der Waals surface area (Å²) in [5.41, 5.74) is 2.58. The highest BCUT2D eigenvalue weighted by atomic mass is 16.2. The number of carbonyl (C=O) groups excluding carboxylic acids is 1. The van der Waals surface area contributed by atoms with E-state index in [2.05, 4.69) is 55.4 Å². The Morgan fingerprint density at radius 1 is 1.19 bits per heavy atom. The largest absolute Gasteiger partial charge is 0.339 e. The number of rotatable bonds is 5. The lowest BCUT2D eigenvalue weighted by Crippen LogP contribution is -2.49. The summed E-state index contributed by atoms with van der Waals surface area (Å²) in [7, 11) is 2.10. The monoisotopic (exact) mass is 289 g/mol. The zero-order valence-electron chi connectivity index (χ0n) is 13.4. The predicted molar refractivity (Wildman–Crippen MR) is 86.3 cm³/mol. The molecule has 0 radical (unpaired) electrons. The summed E-state index contributed by atoms with van der Waals surface area (Å²) >= 11 is 0. The molecule has 21 heavy (non-hydrogen) atoms. The molecule has 1 fully saturated rings. The molecule has 116 valence electrons. The minimum atomic E-state index is 0.201. The molecule has 1 N–H and O–H groups in total. The summed E-state index contributed by atoms with van der Waals surface area (Å²) in [4.78, 5) is 16.4. The molecule has 1 amide bonds. The van der Waals surface area contributed by atoms with Crippen molar-refractivity contribution in [1.29, 1.82) is 0 Å². The number of hydrogen-bond donors (Lipinski definition) is 1. The van der Waals surface area contributed by atoms with Gasteiger partial charge in [0.1, 0.15) is 0 Å². The fourth-order valence-corrected chi connectivity index (χ4v) is 2.57. The predicted octanol–water partition coefficient (Wildman–Crippen LogP) is 1.67. The Balaban J connectivity index is 1.79. The molecule has 2 rings (SSSR count). The van der Waals surface area contributed by atoms with Crippen molar-refractivity contribution in [3.05, 3.63) is 35.4 Å². The van der Waals surface area contributed by atoms with E-state index in [4.69, 9.17) is 0 Å². The number of nitrogens with one attached hydrogen (secondary N) is 1. The number of piperazine rings is 1. The Bertz CT molecular complexity index is 450. The molecule has 1 aliphatic heterocycles. The maximum atomic E-state index is 12.2. The molecule has 1 saturated heterocycles. The van der Waals surface area contributed by atoms with Gasteiger partial charge in [-0.25, -0.2) is 0 Å². The molecule has 0 bridgehead atoms. The average molecular weight is 289 g/mol. The van der Waals surface area contributed by atoms with Crippen LogP contribution in [0.25, 0.3) is 0 Å². The van der Waals surface area contributed by atoms with Gasteiger partial charge in [-0.2, -0.15) is 0 Å². The number of aryl methyl sites for hydroxylation is 1. The third-order valence-corrected chi connectivity index (χ3v) is 4.30. The van der Waals surface area contributed by atoms with Gasteiger partial charge < -0.3 is 15.1 Å². The molecule has 1 atom stereocenters. The second-order valence-corrected chi connectivity index (χ2v) is 5.88. The van der Waals surface area contributed by atoms with E-state index >= 15 is 0 Å². The molecule has 1 aromatic rings. The standard InChI is InChI=1S/C17H27N3O/c1-4-15-5-7-16(8-6-15)14(2)18-13-17(21)20-11-9-19(3)10-12-20/h5-8,14,18H,4,9-13H2,1-3H3. The molecular weight excluding hydrogens is 262 g/mol. The summed E-state index contributed by atoms with van der Waals surface area (Å²) in [6, 6.07) is 8.83. The molecule has 0 aromatic heterocycles. The van der Waals surface area contributed by atoms with Gasteiger partial charge in [-0.05, 0) is 31.5 Å². The first kappa shape index (κ1) is 16.0. The number of benzene rings is 1. The van der Waals surface area contributed by atoms with Gasteiger partial charge >= 0.3 is 0 Å². The first-order valence-electron chi connectivity index (χ1n) is 7.88. The van der Waals surface area contributed by atoms with Crippen molar-refractivity contribution < 1.29 is 4.79 Å². The first-order valence-corrected chi connectivity index (χ1v) is 7.88. The van der Waals surface area contributed by atoms with Gasteiger partial charge in [0.2, 0.25) is 5.91 Å². The van der Waals surface area contributed by atoms with Gasteiger partial charge in [-0.15, -0.1) is 0 Å². The van der Waals surface area contributed by atoms with E-state index in [1.165, 1.54) is 11.1 Å². The third-order valence-electron chi connectivity index (χ3n) is 4.30. The molecule has 0 aliphatic carbocycles. The van der Waals surface area contributed by atoms with Crippen LogP contribution in [0.15, 0.2) is 24.3 Å². The van der Waals surface area contributed by atoms with E-state index in [-0.39, 0.29) is 11.9 Å². The molecule has 1 unspecified atom stereocenters. The van der Waals surface area contributed by atoms with Crippen LogP contribution in [0.5, 0.6) is 0 Å². The quantitative estimate of drug-likeness (QED) is 0.896. The van der Waals surface area contributed by atoms with Gasteiger partial charge in [0, 0.05) is 32.2 Å². The molecular formula is C17H27N3O. The SMILES string of the molecule is CCc1ccc(C(C)NCC(=O)N2CCN(C)CC2)cc1. The zero-order chi connectivity index (χ0) is 15.2. The normalized spacial score (nSPS) is 17.8. The minimum Gasteiger partial charge on any atom is -0.339 e. The fourth-order valence-electron chi connectivity index (χ4n) is 2.57. The van der Waals surface area contributed by atoms with Gasteiger partial charge in [0.05, 0.1) is 6.54 Å². The molecule has 1 aliphatic rings. The summed E-state index contributed by atoms with van der Waals surface area (Å²) in [5, 5.41) is 3.34. The van der Waals surface area contributed by atoms with Crippen molar-refractivity contribution in [2.45, 2.75) is 26.3 Å². The zero-order valence-corrected chi connectivity index (χ0v) is 13.4. The van der Waals surface area contributed by atoms with Crippen LogP contribution in [0.4, 0.5) is 0 Å². The number of nitrogens with zero attached hydrogens (tertiary/aromatic N) is 2. The molecule has 0 saturated carbocycles. The van der Waals surface area contributed by atoms with Gasteiger partial charge in [-0.1, -0.05) is 31.2 Å². The molecule has 4 heteroatoms. The highest BCUT2D eigenvalue weighted by Gasteiger charge is 2.19. The smallest absolute Gasteiger partial charge is 0.236 e. The Kier molecular flexibility index (Phi) is 5.76. The second-order valence-electron chi connectivity index (χ2n) is 5.88. The average Bonchev–Trinajstić information content (AvgIpc) is 2.53. The maximum Gasteiger partial charge on any atom is 0.236 e. The highest BCUT2D eigenvalue weighted by Crippen LogP contribution is 2.13. The number of hydrogen-bond acceptors (Lipinski definition) is 3. The summed E-state index contributed by atoms with van der Waals surface area (Å²) in [5.74, 6) is 0.208. The van der Waals surface area contributed by atoms with Crippen LogP contribution in [0, 0.1) is 0 Å². The summed E-state index contributed by atoms with van der Waals surface area (Å²) in [6.07, 6.45) is 1.06. The van der Waals surface area contributed by atoms with E-state index in [1.807, 2.05) is 4.90 Å².